The molecule has 1 fully saturated rings. The van der Waals surface area contributed by atoms with Crippen molar-refractivity contribution in [3.63, 3.8) is 0 Å². The van der Waals surface area contributed by atoms with Crippen molar-refractivity contribution in [1.29, 1.82) is 0 Å². The van der Waals surface area contributed by atoms with Crippen LogP contribution in [0.1, 0.15) is 34.0 Å². The highest BCUT2D eigenvalue weighted by Gasteiger charge is 2.33. The van der Waals surface area contributed by atoms with Crippen molar-refractivity contribution in [3.8, 4) is 0 Å². The monoisotopic (exact) mass is 562 g/mol. The summed E-state index contributed by atoms with van der Waals surface area (Å²) in [6.45, 7) is 2.07. The molecule has 2 amide bonds. The van der Waals surface area contributed by atoms with E-state index in [0.717, 1.165) is 6.07 Å². The number of carbonyl (C=O) groups excluding carboxylic acids is 1. The second-order valence-electron chi connectivity index (χ2n) is 8.48. The Bertz CT molecular complexity index is 1300. The number of nitrogens with one attached hydrogen (secondary N) is 1. The van der Waals surface area contributed by atoms with E-state index in [9.17, 15) is 31.2 Å². The number of carboxylic acid groups (broad SMARTS) is 1. The van der Waals surface area contributed by atoms with Crippen molar-refractivity contribution < 1.29 is 36.3 Å². The van der Waals surface area contributed by atoms with E-state index >= 15 is 0 Å². The Morgan fingerprint density at radius 3 is 2.32 bits per heavy atom. The first-order valence-corrected chi connectivity index (χ1v) is 13.2. The van der Waals surface area contributed by atoms with Gasteiger partial charge in [-0.3, -0.25) is 9.69 Å². The topological polar surface area (TPSA) is 133 Å². The zero-order valence-electron chi connectivity index (χ0n) is 19.8. The number of carbonyl (C=O) groups is 2. The number of piperazine rings is 1. The third-order valence-electron chi connectivity index (χ3n) is 6.05. The van der Waals surface area contributed by atoms with Crippen LogP contribution in [-0.2, 0) is 29.1 Å². The number of alkyl halides is 3. The molecule has 1 heterocycles. The van der Waals surface area contributed by atoms with Gasteiger partial charge in [-0.1, -0.05) is 18.5 Å². The molecule has 0 aliphatic carbocycles. The summed E-state index contributed by atoms with van der Waals surface area (Å²) >= 11 is 5.99. The summed E-state index contributed by atoms with van der Waals surface area (Å²) in [4.78, 5) is 27.0. The first kappa shape index (κ1) is 28.5. The van der Waals surface area contributed by atoms with Gasteiger partial charge in [0.25, 0.3) is 5.91 Å². The molecular formula is C23H26ClF3N4O5S. The van der Waals surface area contributed by atoms with E-state index in [4.69, 9.17) is 22.4 Å². The molecule has 1 saturated heterocycles. The molecule has 37 heavy (non-hydrogen) atoms. The lowest BCUT2D eigenvalue weighted by molar-refractivity contribution is -0.137. The van der Waals surface area contributed by atoms with E-state index in [1.165, 1.54) is 30.0 Å². The normalized spacial score (nSPS) is 15.0. The fourth-order valence-electron chi connectivity index (χ4n) is 3.95. The predicted octanol–water partition coefficient (Wildman–Crippen LogP) is 3.46. The molecule has 0 radical (unpaired) electrons. The third-order valence-corrected chi connectivity index (χ3v) is 8.12. The van der Waals surface area contributed by atoms with Gasteiger partial charge in [-0.15, -0.1) is 0 Å². The molecule has 0 aromatic heterocycles. The largest absolute Gasteiger partial charge is 0.465 e. The molecule has 202 valence electrons. The summed E-state index contributed by atoms with van der Waals surface area (Å²) in [6.07, 6.45) is -5.83. The van der Waals surface area contributed by atoms with E-state index in [1.807, 2.05) is 0 Å². The number of benzene rings is 2. The minimum Gasteiger partial charge on any atom is -0.465 e. The van der Waals surface area contributed by atoms with E-state index in [0.29, 0.717) is 6.07 Å². The lowest BCUT2D eigenvalue weighted by atomic mass is 10.0. The Morgan fingerprint density at radius 1 is 1.11 bits per heavy atom. The lowest BCUT2D eigenvalue weighted by Crippen LogP contribution is -2.47. The van der Waals surface area contributed by atoms with Gasteiger partial charge < -0.3 is 21.1 Å². The summed E-state index contributed by atoms with van der Waals surface area (Å²) in [5.41, 5.74) is 4.75. The molecule has 4 N–H and O–H groups in total. The molecule has 0 atom stereocenters. The van der Waals surface area contributed by atoms with Gasteiger partial charge in [0.2, 0.25) is 0 Å². The minimum absolute atomic E-state index is 0.0172. The number of hydrogen-bond acceptors (Lipinski definition) is 6. The number of halogens is 4. The van der Waals surface area contributed by atoms with Crippen LogP contribution in [0.25, 0.3) is 0 Å². The summed E-state index contributed by atoms with van der Waals surface area (Å²) < 4.78 is 65.7. The van der Waals surface area contributed by atoms with Crippen molar-refractivity contribution in [3.05, 3.63) is 57.6 Å². The van der Waals surface area contributed by atoms with Gasteiger partial charge in [0.1, 0.15) is 0 Å². The van der Waals surface area contributed by atoms with Crippen LogP contribution in [0.5, 0.6) is 0 Å². The lowest BCUT2D eigenvalue weighted by Gasteiger charge is -2.33. The maximum Gasteiger partial charge on any atom is 0.416 e. The number of nitrogens with two attached hydrogens (primary N) is 1. The molecule has 0 bridgehead atoms. The number of rotatable bonds is 7. The minimum atomic E-state index is -4.76. The van der Waals surface area contributed by atoms with Crippen LogP contribution in [0.3, 0.4) is 0 Å². The number of nitrogens with zero attached hydrogens (tertiary/aromatic N) is 2. The van der Waals surface area contributed by atoms with Crippen molar-refractivity contribution in [1.82, 2.24) is 15.1 Å². The van der Waals surface area contributed by atoms with Crippen LogP contribution in [0.2, 0.25) is 5.02 Å². The number of anilines is 1. The van der Waals surface area contributed by atoms with Gasteiger partial charge in [-0.25, -0.2) is 13.2 Å². The maximum atomic E-state index is 13.6. The Kier molecular flexibility index (Phi) is 8.60. The zero-order valence-corrected chi connectivity index (χ0v) is 21.4. The molecule has 1 aliphatic heterocycles. The molecule has 0 spiro atoms. The molecule has 2 aromatic carbocycles. The second-order valence-corrected chi connectivity index (χ2v) is 11.2. The van der Waals surface area contributed by atoms with Gasteiger partial charge in [-0.2, -0.15) is 13.2 Å². The quantitative estimate of drug-likeness (QED) is 0.440. The van der Waals surface area contributed by atoms with Crippen LogP contribution in [0, 0.1) is 0 Å². The first-order chi connectivity index (χ1) is 17.2. The van der Waals surface area contributed by atoms with Gasteiger partial charge in [0.15, 0.2) is 9.84 Å². The highest BCUT2D eigenvalue weighted by atomic mass is 35.5. The average Bonchev–Trinajstić information content (AvgIpc) is 2.83. The fraction of sp³-hybridized carbons (Fsp3) is 0.391. The first-order valence-electron chi connectivity index (χ1n) is 11.2. The van der Waals surface area contributed by atoms with Crippen LogP contribution in [-0.4, -0.2) is 67.3 Å². The molecule has 0 saturated carbocycles. The number of sulfone groups is 1. The van der Waals surface area contributed by atoms with Crippen LogP contribution >= 0.6 is 11.6 Å². The fourth-order valence-corrected chi connectivity index (χ4v) is 5.26. The van der Waals surface area contributed by atoms with E-state index in [-0.39, 0.29) is 71.8 Å². The van der Waals surface area contributed by atoms with Gasteiger partial charge >= 0.3 is 12.3 Å². The molecule has 3 rings (SSSR count). The SMILES string of the molecule is CCS(=O)(=O)c1ccc(Cl)cc1CNC(=O)c1cc(C(F)(F)F)cc(CN2CCN(C(=O)O)CC2)c1N. The second kappa shape index (κ2) is 11.2. The van der Waals surface area contributed by atoms with Crippen LogP contribution in [0.15, 0.2) is 35.2 Å². The number of amides is 2. The van der Waals surface area contributed by atoms with Crippen LogP contribution < -0.4 is 11.1 Å². The Labute approximate surface area is 216 Å². The van der Waals surface area contributed by atoms with Crippen molar-refractivity contribution in [2.45, 2.75) is 31.1 Å². The standard InChI is InChI=1S/C23H26ClF3N4O5S/c1-2-37(35,36)19-4-3-17(24)10-14(19)12-29-21(32)18-11-16(23(25,26)27)9-15(20(18)28)13-30-5-7-31(8-6-30)22(33)34/h3-4,9-11H,2,5-8,12-13,28H2,1H3,(H,29,32)(H,33,34). The molecule has 0 unspecified atom stereocenters. The summed E-state index contributed by atoms with van der Waals surface area (Å²) in [5.74, 6) is -1.11. The molecule has 1 aliphatic rings. The number of nitrogen functional groups attached to an aromatic ring is 1. The van der Waals surface area contributed by atoms with Gasteiger partial charge in [0.05, 0.1) is 21.8 Å². The summed E-state index contributed by atoms with van der Waals surface area (Å²) in [5, 5.41) is 11.8. The Morgan fingerprint density at radius 2 is 1.76 bits per heavy atom. The maximum absolute atomic E-state index is 13.6. The predicted molar refractivity (Wildman–Crippen MR) is 131 cm³/mol. The summed E-state index contributed by atoms with van der Waals surface area (Å²) in [7, 11) is -3.65. The smallest absolute Gasteiger partial charge is 0.416 e. The number of hydrogen-bond donors (Lipinski definition) is 3. The van der Waals surface area contributed by atoms with E-state index in [2.05, 4.69) is 5.32 Å². The van der Waals surface area contributed by atoms with Gasteiger partial charge in [-0.05, 0) is 41.5 Å². The van der Waals surface area contributed by atoms with Crippen molar-refractivity contribution >= 4 is 39.1 Å². The van der Waals surface area contributed by atoms with Gasteiger partial charge in [0, 0.05) is 50.0 Å². The Balaban J connectivity index is 1.88. The molecule has 9 nitrogen and oxygen atoms in total. The average molecular weight is 563 g/mol. The molecule has 2 aromatic rings. The van der Waals surface area contributed by atoms with E-state index < -0.39 is 39.1 Å². The van der Waals surface area contributed by atoms with Crippen molar-refractivity contribution in [2.24, 2.45) is 0 Å². The van der Waals surface area contributed by atoms with Crippen LogP contribution in [0.4, 0.5) is 23.7 Å². The Hall–Kier alpha value is -3.03. The third kappa shape index (κ3) is 6.84. The highest BCUT2D eigenvalue weighted by Crippen LogP contribution is 2.34. The van der Waals surface area contributed by atoms with E-state index in [1.54, 1.807) is 4.90 Å². The molecule has 14 heteroatoms. The highest BCUT2D eigenvalue weighted by molar-refractivity contribution is 7.91. The van der Waals surface area contributed by atoms with Crippen molar-refractivity contribution in [2.75, 3.05) is 37.7 Å². The summed E-state index contributed by atoms with van der Waals surface area (Å²) in [6, 6.07) is 5.59. The zero-order chi connectivity index (χ0) is 27.5. The molecular weight excluding hydrogens is 537 g/mol.